The second kappa shape index (κ2) is 6.06. The predicted molar refractivity (Wildman–Crippen MR) is 79.2 cm³/mol. The van der Waals surface area contributed by atoms with Crippen LogP contribution in [0.3, 0.4) is 0 Å². The Morgan fingerprint density at radius 3 is 1.44 bits per heavy atom. The van der Waals surface area contributed by atoms with Crippen molar-refractivity contribution in [2.75, 3.05) is 0 Å². The van der Waals surface area contributed by atoms with E-state index in [0.29, 0.717) is 5.92 Å². The van der Waals surface area contributed by atoms with Crippen LogP contribution < -0.4 is 0 Å². The van der Waals surface area contributed by atoms with Gasteiger partial charge in [-0.05, 0) is 17.0 Å². The highest BCUT2D eigenvalue weighted by Gasteiger charge is 2.25. The molecule has 0 radical (unpaired) electrons. The van der Waals surface area contributed by atoms with E-state index >= 15 is 0 Å². The van der Waals surface area contributed by atoms with Crippen molar-refractivity contribution in [3.05, 3.63) is 71.8 Å². The maximum absolute atomic E-state index is 6.65. The summed E-state index contributed by atoms with van der Waals surface area (Å²) in [5, 5.41) is 0.106. The molecule has 18 heavy (non-hydrogen) atoms. The van der Waals surface area contributed by atoms with Crippen molar-refractivity contribution in [3.63, 3.8) is 0 Å². The first-order valence-corrected chi connectivity index (χ1v) is 6.87. The first kappa shape index (κ1) is 13.2. The maximum atomic E-state index is 6.65. The summed E-state index contributed by atoms with van der Waals surface area (Å²) in [6, 6.07) is 21.1. The minimum Gasteiger partial charge on any atom is -0.122 e. The molecular formula is C17H19Cl. The van der Waals surface area contributed by atoms with Crippen LogP contribution in [-0.4, -0.2) is 5.38 Å². The number of hydrogen-bond acceptors (Lipinski definition) is 0. The molecule has 0 spiro atoms. The summed E-state index contributed by atoms with van der Waals surface area (Å²) in [6.45, 7) is 4.35. The predicted octanol–water partition coefficient (Wildman–Crippen LogP) is 5.08. The van der Waals surface area contributed by atoms with Crippen molar-refractivity contribution in [2.45, 2.75) is 25.1 Å². The fourth-order valence-electron chi connectivity index (χ4n) is 2.27. The Labute approximate surface area is 115 Å². The Balaban J connectivity index is 2.42. The van der Waals surface area contributed by atoms with Gasteiger partial charge in [0.15, 0.2) is 0 Å². The van der Waals surface area contributed by atoms with E-state index < -0.39 is 0 Å². The minimum absolute atomic E-state index is 0.106. The summed E-state index contributed by atoms with van der Waals surface area (Å²) >= 11 is 6.65. The standard InChI is InChI=1S/C17H19Cl/c1-13(2)17(18)16(14-9-5-3-6-10-14)15-11-7-4-8-12-15/h3-13,16-17H,1-2H3. The van der Waals surface area contributed by atoms with Crippen LogP contribution in [0.25, 0.3) is 0 Å². The molecule has 0 heterocycles. The average molecular weight is 259 g/mol. The number of halogens is 1. The molecule has 0 bridgehead atoms. The fraction of sp³-hybridized carbons (Fsp3) is 0.294. The van der Waals surface area contributed by atoms with E-state index in [9.17, 15) is 0 Å². The highest BCUT2D eigenvalue weighted by molar-refractivity contribution is 6.21. The quantitative estimate of drug-likeness (QED) is 0.671. The van der Waals surface area contributed by atoms with E-state index in [0.717, 1.165) is 0 Å². The molecule has 0 aliphatic heterocycles. The molecule has 0 fully saturated rings. The van der Waals surface area contributed by atoms with Gasteiger partial charge in [0, 0.05) is 11.3 Å². The molecule has 2 aromatic rings. The molecule has 1 unspecified atom stereocenters. The molecular weight excluding hydrogens is 240 g/mol. The van der Waals surface area contributed by atoms with E-state index in [4.69, 9.17) is 11.6 Å². The lowest BCUT2D eigenvalue weighted by Crippen LogP contribution is -2.20. The molecule has 0 amide bonds. The van der Waals surface area contributed by atoms with Gasteiger partial charge < -0.3 is 0 Å². The van der Waals surface area contributed by atoms with Gasteiger partial charge in [0.25, 0.3) is 0 Å². The fourth-order valence-corrected chi connectivity index (χ4v) is 2.56. The molecule has 2 rings (SSSR count). The highest BCUT2D eigenvalue weighted by atomic mass is 35.5. The number of rotatable bonds is 4. The SMILES string of the molecule is CC(C)C(Cl)C(c1ccccc1)c1ccccc1. The Hall–Kier alpha value is -1.27. The Morgan fingerprint density at radius 1 is 0.722 bits per heavy atom. The molecule has 1 heteroatoms. The molecule has 0 saturated carbocycles. The summed E-state index contributed by atoms with van der Waals surface area (Å²) in [4.78, 5) is 0. The molecule has 0 saturated heterocycles. The third-order valence-corrected chi connectivity index (χ3v) is 4.03. The van der Waals surface area contributed by atoms with E-state index in [2.05, 4.69) is 62.4 Å². The van der Waals surface area contributed by atoms with Crippen LogP contribution in [0, 0.1) is 5.92 Å². The lowest BCUT2D eigenvalue weighted by Gasteiger charge is -2.26. The van der Waals surface area contributed by atoms with Crippen LogP contribution in [0.5, 0.6) is 0 Å². The minimum atomic E-state index is 0.106. The smallest absolute Gasteiger partial charge is 0.0468 e. The molecule has 0 nitrogen and oxygen atoms in total. The third-order valence-electron chi connectivity index (χ3n) is 3.27. The van der Waals surface area contributed by atoms with Crippen LogP contribution in [0.15, 0.2) is 60.7 Å². The second-order valence-electron chi connectivity index (χ2n) is 4.99. The first-order chi connectivity index (χ1) is 8.70. The summed E-state index contributed by atoms with van der Waals surface area (Å²) in [5.41, 5.74) is 2.58. The monoisotopic (exact) mass is 258 g/mol. The van der Waals surface area contributed by atoms with Gasteiger partial charge in [0.05, 0.1) is 0 Å². The lowest BCUT2D eigenvalue weighted by atomic mass is 9.84. The zero-order valence-corrected chi connectivity index (χ0v) is 11.6. The highest BCUT2D eigenvalue weighted by Crippen LogP contribution is 2.34. The zero-order chi connectivity index (χ0) is 13.0. The van der Waals surface area contributed by atoms with Crippen molar-refractivity contribution >= 4 is 11.6 Å². The number of benzene rings is 2. The third kappa shape index (κ3) is 2.94. The van der Waals surface area contributed by atoms with Crippen LogP contribution in [0.1, 0.15) is 30.9 Å². The number of alkyl halides is 1. The molecule has 2 aromatic carbocycles. The first-order valence-electron chi connectivity index (χ1n) is 6.44. The molecule has 0 aliphatic carbocycles. The van der Waals surface area contributed by atoms with Gasteiger partial charge in [-0.3, -0.25) is 0 Å². The Morgan fingerprint density at radius 2 is 1.11 bits per heavy atom. The van der Waals surface area contributed by atoms with Gasteiger partial charge >= 0.3 is 0 Å². The van der Waals surface area contributed by atoms with Crippen molar-refractivity contribution in [2.24, 2.45) is 5.92 Å². The van der Waals surface area contributed by atoms with Gasteiger partial charge in [-0.2, -0.15) is 0 Å². The van der Waals surface area contributed by atoms with Crippen LogP contribution in [-0.2, 0) is 0 Å². The number of hydrogen-bond donors (Lipinski definition) is 0. The van der Waals surface area contributed by atoms with Crippen LogP contribution in [0.4, 0.5) is 0 Å². The van der Waals surface area contributed by atoms with Gasteiger partial charge in [0.1, 0.15) is 0 Å². The van der Waals surface area contributed by atoms with Crippen molar-refractivity contribution in [3.8, 4) is 0 Å². The zero-order valence-electron chi connectivity index (χ0n) is 10.9. The molecule has 0 N–H and O–H groups in total. The largest absolute Gasteiger partial charge is 0.122 e. The van der Waals surface area contributed by atoms with Gasteiger partial charge in [-0.25, -0.2) is 0 Å². The normalized spacial score (nSPS) is 12.9. The van der Waals surface area contributed by atoms with Crippen molar-refractivity contribution < 1.29 is 0 Å². The van der Waals surface area contributed by atoms with E-state index in [-0.39, 0.29) is 11.3 Å². The van der Waals surface area contributed by atoms with Crippen molar-refractivity contribution in [1.29, 1.82) is 0 Å². The molecule has 94 valence electrons. The topological polar surface area (TPSA) is 0 Å². The maximum Gasteiger partial charge on any atom is 0.0468 e. The summed E-state index contributed by atoms with van der Waals surface area (Å²) in [5.74, 6) is 0.700. The van der Waals surface area contributed by atoms with Gasteiger partial charge in [-0.15, -0.1) is 11.6 Å². The van der Waals surface area contributed by atoms with Gasteiger partial charge in [-0.1, -0.05) is 74.5 Å². The molecule has 1 atom stereocenters. The lowest BCUT2D eigenvalue weighted by molar-refractivity contribution is 0.551. The van der Waals surface area contributed by atoms with E-state index in [1.54, 1.807) is 0 Å². The van der Waals surface area contributed by atoms with E-state index in [1.165, 1.54) is 11.1 Å². The molecule has 0 aliphatic rings. The second-order valence-corrected chi connectivity index (χ2v) is 5.49. The van der Waals surface area contributed by atoms with Crippen LogP contribution >= 0.6 is 11.6 Å². The summed E-state index contributed by atoms with van der Waals surface area (Å²) in [7, 11) is 0. The summed E-state index contributed by atoms with van der Waals surface area (Å²) < 4.78 is 0. The summed E-state index contributed by atoms with van der Waals surface area (Å²) in [6.07, 6.45) is 0. The van der Waals surface area contributed by atoms with Gasteiger partial charge in [0.2, 0.25) is 0 Å². The van der Waals surface area contributed by atoms with E-state index in [1.807, 2.05) is 12.1 Å². The Kier molecular flexibility index (Phi) is 4.43. The van der Waals surface area contributed by atoms with Crippen LogP contribution in [0.2, 0.25) is 0 Å². The average Bonchev–Trinajstić information content (AvgIpc) is 2.41. The molecule has 0 aromatic heterocycles. The van der Waals surface area contributed by atoms with Crippen molar-refractivity contribution in [1.82, 2.24) is 0 Å². The Bertz CT molecular complexity index is 422.